The average molecular weight is 413 g/mol. The Kier molecular flexibility index (Phi) is 5.29. The zero-order valence-electron chi connectivity index (χ0n) is 17.2. The maximum atomic E-state index is 13.4. The Labute approximate surface area is 182 Å². The summed E-state index contributed by atoms with van der Waals surface area (Å²) in [6, 6.07) is 23.1. The Bertz CT molecular complexity index is 1110. The fraction of sp³-hybridized carbons (Fsp3) is 0.222. The van der Waals surface area contributed by atoms with Crippen molar-refractivity contribution in [2.45, 2.75) is 31.2 Å². The van der Waals surface area contributed by atoms with Crippen molar-refractivity contribution < 1.29 is 9.18 Å². The molecule has 0 radical (unpaired) electrons. The van der Waals surface area contributed by atoms with Crippen molar-refractivity contribution in [2.75, 3.05) is 10.6 Å². The number of aryl methyl sites for hydroxylation is 1. The SMILES string of the molecule is O=C(CCc1ccccc1)Nc1ccc2c(c1)C1C=CCC1C(c1ccc(F)cc1)N2. The van der Waals surface area contributed by atoms with Gasteiger partial charge in [0.25, 0.3) is 0 Å². The van der Waals surface area contributed by atoms with Gasteiger partial charge in [-0.2, -0.15) is 0 Å². The molecule has 3 aromatic rings. The van der Waals surface area contributed by atoms with Gasteiger partial charge in [-0.1, -0.05) is 54.6 Å². The molecule has 3 unspecified atom stereocenters. The Morgan fingerprint density at radius 1 is 1.03 bits per heavy atom. The lowest BCUT2D eigenvalue weighted by molar-refractivity contribution is -0.116. The van der Waals surface area contributed by atoms with E-state index in [2.05, 4.69) is 28.9 Å². The lowest BCUT2D eigenvalue weighted by atomic mass is 9.77. The molecule has 0 saturated carbocycles. The minimum atomic E-state index is -0.214. The van der Waals surface area contributed by atoms with E-state index in [4.69, 9.17) is 0 Å². The molecule has 0 spiro atoms. The fourth-order valence-corrected chi connectivity index (χ4v) is 4.80. The summed E-state index contributed by atoms with van der Waals surface area (Å²) in [7, 11) is 0. The van der Waals surface area contributed by atoms with Crippen molar-refractivity contribution >= 4 is 17.3 Å². The van der Waals surface area contributed by atoms with E-state index in [-0.39, 0.29) is 23.7 Å². The summed E-state index contributed by atoms with van der Waals surface area (Å²) >= 11 is 0. The van der Waals surface area contributed by atoms with Crippen molar-refractivity contribution in [3.8, 4) is 0 Å². The van der Waals surface area contributed by atoms with Gasteiger partial charge in [0.2, 0.25) is 5.91 Å². The Hall–Kier alpha value is -3.40. The predicted octanol–water partition coefficient (Wildman–Crippen LogP) is 6.22. The summed E-state index contributed by atoms with van der Waals surface area (Å²) in [4.78, 5) is 12.5. The number of carbonyl (C=O) groups excluding carboxylic acids is 1. The smallest absolute Gasteiger partial charge is 0.224 e. The number of hydrogen-bond acceptors (Lipinski definition) is 2. The molecule has 31 heavy (non-hydrogen) atoms. The Balaban J connectivity index is 1.32. The number of anilines is 2. The number of fused-ring (bicyclic) bond motifs is 3. The number of nitrogens with one attached hydrogen (secondary N) is 2. The molecule has 0 aromatic heterocycles. The highest BCUT2D eigenvalue weighted by atomic mass is 19.1. The largest absolute Gasteiger partial charge is 0.378 e. The van der Waals surface area contributed by atoms with E-state index in [0.29, 0.717) is 12.3 Å². The molecule has 4 heteroatoms. The molecule has 2 aliphatic rings. The summed E-state index contributed by atoms with van der Waals surface area (Å²) in [5.74, 6) is 0.471. The normalized spacial score (nSPS) is 21.1. The van der Waals surface area contributed by atoms with Gasteiger partial charge < -0.3 is 10.6 Å². The molecule has 0 saturated heterocycles. The van der Waals surface area contributed by atoms with Gasteiger partial charge in [-0.3, -0.25) is 4.79 Å². The number of benzene rings is 3. The molecule has 1 aliphatic carbocycles. The van der Waals surface area contributed by atoms with E-state index in [0.717, 1.165) is 35.3 Å². The third-order valence-corrected chi connectivity index (χ3v) is 6.36. The second-order valence-electron chi connectivity index (χ2n) is 8.36. The van der Waals surface area contributed by atoms with Gasteiger partial charge in [-0.15, -0.1) is 0 Å². The molecule has 156 valence electrons. The van der Waals surface area contributed by atoms with Gasteiger partial charge in [-0.05, 0) is 65.8 Å². The van der Waals surface area contributed by atoms with Crippen LogP contribution in [0.5, 0.6) is 0 Å². The van der Waals surface area contributed by atoms with Crippen LogP contribution in [-0.2, 0) is 11.2 Å². The lowest BCUT2D eigenvalue weighted by Gasteiger charge is -2.37. The second kappa shape index (κ2) is 8.38. The van der Waals surface area contributed by atoms with E-state index in [1.165, 1.54) is 17.7 Å². The first kappa shape index (κ1) is 19.6. The van der Waals surface area contributed by atoms with Crippen LogP contribution >= 0.6 is 0 Å². The number of rotatable bonds is 5. The molecule has 0 bridgehead atoms. The fourth-order valence-electron chi connectivity index (χ4n) is 4.80. The van der Waals surface area contributed by atoms with Crippen molar-refractivity contribution in [1.29, 1.82) is 0 Å². The van der Waals surface area contributed by atoms with Crippen LogP contribution in [0.2, 0.25) is 0 Å². The van der Waals surface area contributed by atoms with Gasteiger partial charge in [0.15, 0.2) is 0 Å². The van der Waals surface area contributed by atoms with Gasteiger partial charge >= 0.3 is 0 Å². The first-order valence-electron chi connectivity index (χ1n) is 10.8. The first-order chi connectivity index (χ1) is 15.2. The number of halogens is 1. The van der Waals surface area contributed by atoms with Gasteiger partial charge in [0, 0.05) is 23.7 Å². The molecule has 0 fully saturated rings. The van der Waals surface area contributed by atoms with Crippen molar-refractivity contribution in [2.24, 2.45) is 5.92 Å². The Morgan fingerprint density at radius 3 is 2.65 bits per heavy atom. The third-order valence-electron chi connectivity index (χ3n) is 6.36. The van der Waals surface area contributed by atoms with Gasteiger partial charge in [-0.25, -0.2) is 4.39 Å². The highest BCUT2D eigenvalue weighted by Gasteiger charge is 2.37. The number of hydrogen-bond donors (Lipinski definition) is 2. The van der Waals surface area contributed by atoms with E-state index in [1.54, 1.807) is 0 Å². The standard InChI is InChI=1S/C27H25FN2O/c28-20-12-10-19(11-13-20)27-23-8-4-7-22(23)24-17-21(14-15-25(24)30-27)29-26(31)16-9-18-5-2-1-3-6-18/h1-7,10-15,17,22-23,27,30H,8-9,16H2,(H,29,31). The van der Waals surface area contributed by atoms with E-state index in [1.807, 2.05) is 54.6 Å². The van der Waals surface area contributed by atoms with Gasteiger partial charge in [0.1, 0.15) is 5.82 Å². The van der Waals surface area contributed by atoms with Crippen LogP contribution in [0.25, 0.3) is 0 Å². The summed E-state index contributed by atoms with van der Waals surface area (Å²) in [5.41, 5.74) is 5.38. The van der Waals surface area contributed by atoms with Crippen LogP contribution in [0, 0.1) is 11.7 Å². The number of amides is 1. The molecule has 2 N–H and O–H groups in total. The van der Waals surface area contributed by atoms with Crippen molar-refractivity contribution in [3.05, 3.63) is 107 Å². The molecule has 3 atom stereocenters. The summed E-state index contributed by atoms with van der Waals surface area (Å²) in [6.07, 6.45) is 6.66. The van der Waals surface area contributed by atoms with E-state index in [9.17, 15) is 9.18 Å². The zero-order valence-corrected chi connectivity index (χ0v) is 17.2. The quantitative estimate of drug-likeness (QED) is 0.488. The average Bonchev–Trinajstić information content (AvgIpc) is 3.29. The highest BCUT2D eigenvalue weighted by Crippen LogP contribution is 2.50. The molecule has 1 amide bonds. The maximum absolute atomic E-state index is 13.4. The molecule has 3 aromatic carbocycles. The predicted molar refractivity (Wildman–Crippen MR) is 123 cm³/mol. The lowest BCUT2D eigenvalue weighted by Crippen LogP contribution is -2.29. The number of carbonyl (C=O) groups is 1. The maximum Gasteiger partial charge on any atom is 0.224 e. The number of allylic oxidation sites excluding steroid dienone is 2. The summed E-state index contributed by atoms with van der Waals surface area (Å²) < 4.78 is 13.4. The topological polar surface area (TPSA) is 41.1 Å². The monoisotopic (exact) mass is 412 g/mol. The molecule has 3 nitrogen and oxygen atoms in total. The first-order valence-corrected chi connectivity index (χ1v) is 10.8. The van der Waals surface area contributed by atoms with E-state index < -0.39 is 0 Å². The highest BCUT2D eigenvalue weighted by molar-refractivity contribution is 5.91. The minimum absolute atomic E-state index is 0.0234. The van der Waals surface area contributed by atoms with Crippen LogP contribution in [0.15, 0.2) is 84.9 Å². The molecule has 1 aliphatic heterocycles. The molecule has 1 heterocycles. The molecular formula is C27H25FN2O. The molecular weight excluding hydrogens is 387 g/mol. The summed E-state index contributed by atoms with van der Waals surface area (Å²) in [6.45, 7) is 0. The third kappa shape index (κ3) is 4.11. The molecule has 5 rings (SSSR count). The van der Waals surface area contributed by atoms with Crippen LogP contribution in [0.3, 0.4) is 0 Å². The minimum Gasteiger partial charge on any atom is -0.378 e. The van der Waals surface area contributed by atoms with Crippen LogP contribution < -0.4 is 10.6 Å². The Morgan fingerprint density at radius 2 is 1.84 bits per heavy atom. The zero-order chi connectivity index (χ0) is 21.2. The van der Waals surface area contributed by atoms with Crippen molar-refractivity contribution in [1.82, 2.24) is 0 Å². The van der Waals surface area contributed by atoms with Crippen molar-refractivity contribution in [3.63, 3.8) is 0 Å². The second-order valence-corrected chi connectivity index (χ2v) is 8.36. The summed E-state index contributed by atoms with van der Waals surface area (Å²) in [5, 5.41) is 6.72. The van der Waals surface area contributed by atoms with Crippen LogP contribution in [0.1, 0.15) is 41.5 Å². The van der Waals surface area contributed by atoms with Gasteiger partial charge in [0.05, 0.1) is 6.04 Å². The van der Waals surface area contributed by atoms with Crippen LogP contribution in [-0.4, -0.2) is 5.91 Å². The van der Waals surface area contributed by atoms with Crippen LogP contribution in [0.4, 0.5) is 15.8 Å². The van der Waals surface area contributed by atoms with E-state index >= 15 is 0 Å².